The van der Waals surface area contributed by atoms with E-state index < -0.39 is 5.97 Å². The highest BCUT2D eigenvalue weighted by atomic mass is 16.5. The molecule has 1 aromatic rings. The summed E-state index contributed by atoms with van der Waals surface area (Å²) in [6.07, 6.45) is 0. The molecule has 0 aliphatic carbocycles. The highest BCUT2D eigenvalue weighted by Crippen LogP contribution is 2.06. The summed E-state index contributed by atoms with van der Waals surface area (Å²) < 4.78 is 5.11. The van der Waals surface area contributed by atoms with E-state index in [0.29, 0.717) is 26.3 Å². The van der Waals surface area contributed by atoms with Gasteiger partial charge in [-0.1, -0.05) is 0 Å². The molecule has 1 fully saturated rings. The van der Waals surface area contributed by atoms with Gasteiger partial charge in [-0.2, -0.15) is 5.10 Å². The molecule has 16 heavy (non-hydrogen) atoms. The minimum absolute atomic E-state index is 0.0865. The van der Waals surface area contributed by atoms with Gasteiger partial charge in [-0.15, -0.1) is 0 Å². The molecule has 86 valence electrons. The van der Waals surface area contributed by atoms with Crippen LogP contribution in [0.2, 0.25) is 0 Å². The molecule has 0 unspecified atom stereocenters. The van der Waals surface area contributed by atoms with E-state index in [9.17, 15) is 9.59 Å². The SMILES string of the molecule is O=C(O)c1cc(C(=O)N2CCOCC2)n[nH]1. The first-order valence-electron chi connectivity index (χ1n) is 4.84. The summed E-state index contributed by atoms with van der Waals surface area (Å²) in [5.74, 6) is -1.40. The standard InChI is InChI=1S/C9H11N3O4/c13-8(12-1-3-16-4-2-12)6-5-7(9(14)15)11-10-6/h5H,1-4H2,(H,10,11)(H,14,15). The fourth-order valence-corrected chi connectivity index (χ4v) is 1.47. The van der Waals surface area contributed by atoms with Crippen LogP contribution in [-0.2, 0) is 4.74 Å². The second kappa shape index (κ2) is 4.31. The van der Waals surface area contributed by atoms with Gasteiger partial charge >= 0.3 is 5.97 Å². The van der Waals surface area contributed by atoms with Crippen molar-refractivity contribution in [2.24, 2.45) is 0 Å². The third kappa shape index (κ3) is 2.03. The van der Waals surface area contributed by atoms with Crippen molar-refractivity contribution in [2.45, 2.75) is 0 Å². The monoisotopic (exact) mass is 225 g/mol. The van der Waals surface area contributed by atoms with Crippen molar-refractivity contribution >= 4 is 11.9 Å². The molecule has 1 saturated heterocycles. The first kappa shape index (κ1) is 10.6. The average molecular weight is 225 g/mol. The number of carbonyl (C=O) groups is 2. The van der Waals surface area contributed by atoms with E-state index in [1.807, 2.05) is 0 Å². The number of morpholine rings is 1. The first-order valence-corrected chi connectivity index (χ1v) is 4.84. The molecule has 1 amide bonds. The van der Waals surface area contributed by atoms with Crippen LogP contribution in [0, 0.1) is 0 Å². The summed E-state index contributed by atoms with van der Waals surface area (Å²) in [5, 5.41) is 14.6. The summed E-state index contributed by atoms with van der Waals surface area (Å²) in [6, 6.07) is 1.24. The van der Waals surface area contributed by atoms with Crippen molar-refractivity contribution in [3.63, 3.8) is 0 Å². The van der Waals surface area contributed by atoms with Crippen LogP contribution in [-0.4, -0.2) is 58.4 Å². The van der Waals surface area contributed by atoms with Gasteiger partial charge in [0.1, 0.15) is 5.69 Å². The van der Waals surface area contributed by atoms with Gasteiger partial charge in [-0.25, -0.2) is 4.79 Å². The number of rotatable bonds is 2. The maximum atomic E-state index is 11.8. The largest absolute Gasteiger partial charge is 0.477 e. The molecule has 1 aliphatic heterocycles. The number of ether oxygens (including phenoxy) is 1. The summed E-state index contributed by atoms with van der Waals surface area (Å²) in [5.41, 5.74) is 0.0379. The van der Waals surface area contributed by atoms with Gasteiger partial charge in [0.15, 0.2) is 5.69 Å². The molecule has 0 radical (unpaired) electrons. The fraction of sp³-hybridized carbons (Fsp3) is 0.444. The quantitative estimate of drug-likeness (QED) is 0.712. The number of H-pyrrole nitrogens is 1. The van der Waals surface area contributed by atoms with Crippen molar-refractivity contribution in [1.29, 1.82) is 0 Å². The van der Waals surface area contributed by atoms with Crippen LogP contribution >= 0.6 is 0 Å². The summed E-state index contributed by atoms with van der Waals surface area (Å²) >= 11 is 0. The Bertz CT molecular complexity index is 409. The Morgan fingerprint density at radius 1 is 1.44 bits per heavy atom. The molecule has 2 rings (SSSR count). The number of nitrogens with one attached hydrogen (secondary N) is 1. The molecule has 0 spiro atoms. The first-order chi connectivity index (χ1) is 7.68. The number of carboxylic acid groups (broad SMARTS) is 1. The second-order valence-corrected chi connectivity index (χ2v) is 3.38. The molecule has 1 aromatic heterocycles. The van der Waals surface area contributed by atoms with Crippen LogP contribution < -0.4 is 0 Å². The maximum Gasteiger partial charge on any atom is 0.353 e. The van der Waals surface area contributed by atoms with Crippen LogP contribution in [0.1, 0.15) is 21.0 Å². The third-order valence-electron chi connectivity index (χ3n) is 2.33. The lowest BCUT2D eigenvalue weighted by molar-refractivity contribution is 0.0299. The van der Waals surface area contributed by atoms with Gasteiger partial charge in [0.2, 0.25) is 0 Å². The molecule has 0 bridgehead atoms. The average Bonchev–Trinajstić information content (AvgIpc) is 2.78. The van der Waals surface area contributed by atoms with Gasteiger partial charge in [0.25, 0.3) is 5.91 Å². The van der Waals surface area contributed by atoms with E-state index in [-0.39, 0.29) is 17.3 Å². The number of carbonyl (C=O) groups excluding carboxylic acids is 1. The Morgan fingerprint density at radius 2 is 2.12 bits per heavy atom. The van der Waals surface area contributed by atoms with Gasteiger partial charge in [0.05, 0.1) is 13.2 Å². The maximum absolute atomic E-state index is 11.8. The predicted octanol–water partition coefficient (Wildman–Crippen LogP) is -0.420. The number of aromatic carboxylic acids is 1. The topological polar surface area (TPSA) is 95.5 Å². The molecule has 1 aliphatic rings. The van der Waals surface area contributed by atoms with Crippen LogP contribution in [0.25, 0.3) is 0 Å². The number of hydrogen-bond acceptors (Lipinski definition) is 4. The molecule has 0 aromatic carbocycles. The van der Waals surface area contributed by atoms with Crippen LogP contribution in [0.3, 0.4) is 0 Å². The highest BCUT2D eigenvalue weighted by Gasteiger charge is 2.21. The Hall–Kier alpha value is -1.89. The molecule has 7 nitrogen and oxygen atoms in total. The number of amides is 1. The van der Waals surface area contributed by atoms with Crippen LogP contribution in [0.5, 0.6) is 0 Å². The Kier molecular flexibility index (Phi) is 2.86. The van der Waals surface area contributed by atoms with Crippen molar-refractivity contribution < 1.29 is 19.4 Å². The molecular formula is C9H11N3O4. The van der Waals surface area contributed by atoms with Crippen molar-refractivity contribution in [3.05, 3.63) is 17.5 Å². The molecular weight excluding hydrogens is 214 g/mol. The summed E-state index contributed by atoms with van der Waals surface area (Å²) in [4.78, 5) is 24.0. The minimum Gasteiger partial charge on any atom is -0.477 e. The number of aromatic nitrogens is 2. The summed E-state index contributed by atoms with van der Waals surface area (Å²) in [6.45, 7) is 2.02. The smallest absolute Gasteiger partial charge is 0.353 e. The van der Waals surface area contributed by atoms with Gasteiger partial charge in [-0.3, -0.25) is 9.89 Å². The summed E-state index contributed by atoms with van der Waals surface area (Å²) in [7, 11) is 0. The van der Waals surface area contributed by atoms with Gasteiger partial charge in [0, 0.05) is 19.2 Å². The van der Waals surface area contributed by atoms with E-state index in [1.54, 1.807) is 4.90 Å². The number of nitrogens with zero attached hydrogens (tertiary/aromatic N) is 2. The molecule has 0 saturated carbocycles. The molecule has 2 heterocycles. The van der Waals surface area contributed by atoms with Crippen LogP contribution in [0.4, 0.5) is 0 Å². The third-order valence-corrected chi connectivity index (χ3v) is 2.33. The zero-order valence-corrected chi connectivity index (χ0v) is 8.47. The van der Waals surface area contributed by atoms with Gasteiger partial charge in [-0.05, 0) is 0 Å². The van der Waals surface area contributed by atoms with Gasteiger partial charge < -0.3 is 14.7 Å². The van der Waals surface area contributed by atoms with E-state index in [1.165, 1.54) is 6.07 Å². The van der Waals surface area contributed by atoms with E-state index in [4.69, 9.17) is 9.84 Å². The number of carboxylic acids is 1. The van der Waals surface area contributed by atoms with Crippen molar-refractivity contribution in [2.75, 3.05) is 26.3 Å². The zero-order chi connectivity index (χ0) is 11.5. The van der Waals surface area contributed by atoms with Crippen molar-refractivity contribution in [1.82, 2.24) is 15.1 Å². The van der Waals surface area contributed by atoms with E-state index in [2.05, 4.69) is 10.2 Å². The predicted molar refractivity (Wildman–Crippen MR) is 52.3 cm³/mol. The zero-order valence-electron chi connectivity index (χ0n) is 8.47. The fourth-order valence-electron chi connectivity index (χ4n) is 1.47. The minimum atomic E-state index is -1.13. The lowest BCUT2D eigenvalue weighted by atomic mass is 10.3. The Balaban J connectivity index is 2.10. The second-order valence-electron chi connectivity index (χ2n) is 3.38. The lowest BCUT2D eigenvalue weighted by Gasteiger charge is -2.25. The van der Waals surface area contributed by atoms with Crippen LogP contribution in [0.15, 0.2) is 6.07 Å². The number of hydrogen-bond donors (Lipinski definition) is 2. The molecule has 0 atom stereocenters. The lowest BCUT2D eigenvalue weighted by Crippen LogP contribution is -2.40. The Morgan fingerprint density at radius 3 is 2.69 bits per heavy atom. The normalized spacial score (nSPS) is 16.1. The number of aromatic amines is 1. The Labute approximate surface area is 91.0 Å². The van der Waals surface area contributed by atoms with E-state index in [0.717, 1.165) is 0 Å². The molecule has 2 N–H and O–H groups in total. The molecule has 7 heteroatoms. The highest BCUT2D eigenvalue weighted by molar-refractivity contribution is 5.95. The van der Waals surface area contributed by atoms with Crippen molar-refractivity contribution in [3.8, 4) is 0 Å². The van der Waals surface area contributed by atoms with E-state index >= 15 is 0 Å².